The monoisotopic (exact) mass is 562 g/mol. The van der Waals surface area contributed by atoms with E-state index in [9.17, 15) is 0 Å². The lowest BCUT2D eigenvalue weighted by Crippen LogP contribution is -2.04. The van der Waals surface area contributed by atoms with E-state index in [1.807, 2.05) is 0 Å². The number of nitrogens with zero attached hydrogens (tertiary/aromatic N) is 1. The molecule has 9 rings (SSSR count). The van der Waals surface area contributed by atoms with Gasteiger partial charge in [-0.05, 0) is 87.7 Å². The second-order valence-corrected chi connectivity index (χ2v) is 11.8. The van der Waals surface area contributed by atoms with Gasteiger partial charge in [-0.3, -0.25) is 0 Å². The van der Waals surface area contributed by atoms with Crippen molar-refractivity contribution in [3.63, 3.8) is 0 Å². The molecule has 1 aromatic heterocycles. The maximum Gasteiger partial charge on any atom is 0.0558 e. The second kappa shape index (κ2) is 10.00. The Hall–Kier alpha value is -5.60. The Labute approximate surface area is 256 Å². The van der Waals surface area contributed by atoms with E-state index in [2.05, 4.69) is 162 Å². The molecule has 0 amide bonds. The van der Waals surface area contributed by atoms with Crippen LogP contribution < -0.4 is 5.32 Å². The van der Waals surface area contributed by atoms with Crippen LogP contribution in [0.3, 0.4) is 0 Å². The quantitative estimate of drug-likeness (QED) is 0.226. The van der Waals surface area contributed by atoms with Crippen molar-refractivity contribution in [2.24, 2.45) is 0 Å². The Balaban J connectivity index is 1.20. The number of nitrogens with one attached hydrogen (secondary N) is 1. The summed E-state index contributed by atoms with van der Waals surface area (Å²) in [5.74, 6) is 0. The standard InChI is InChI=1S/C42H30N2/c1-3-12-30-26-32(21-20-28(30)10-1)34-24-25-38(36-15-6-5-14-35(34)36)43-39-17-9-19-41-42(39)37-16-7-8-18-40(37)44(41)33-23-22-29-11-2-4-13-31(29)27-33/h1-21,24-27,43H,22-23H2. The summed E-state index contributed by atoms with van der Waals surface area (Å²) in [6.07, 6.45) is 4.46. The number of hydrogen-bond acceptors (Lipinski definition) is 1. The van der Waals surface area contributed by atoms with Gasteiger partial charge in [-0.1, -0.05) is 115 Å². The van der Waals surface area contributed by atoms with Gasteiger partial charge in [-0.15, -0.1) is 0 Å². The smallest absolute Gasteiger partial charge is 0.0558 e. The SMILES string of the molecule is C1=C(n2c3ccccc3c3c(Nc4ccc(-c5ccc6ccccc6c5)c5ccccc45)cccc32)CCc2ccccc21. The average molecular weight is 563 g/mol. The Bertz CT molecular complexity index is 2420. The summed E-state index contributed by atoms with van der Waals surface area (Å²) in [5.41, 5.74) is 11.3. The van der Waals surface area contributed by atoms with Crippen LogP contribution in [0.2, 0.25) is 0 Å². The number of para-hydroxylation sites is 1. The van der Waals surface area contributed by atoms with Crippen LogP contribution in [0.5, 0.6) is 0 Å². The molecular weight excluding hydrogens is 532 g/mol. The van der Waals surface area contributed by atoms with Gasteiger partial charge in [0, 0.05) is 33.2 Å². The zero-order valence-electron chi connectivity index (χ0n) is 24.3. The first-order chi connectivity index (χ1) is 21.8. The van der Waals surface area contributed by atoms with Crippen LogP contribution in [0.1, 0.15) is 17.5 Å². The Kier molecular flexibility index (Phi) is 5.67. The number of benzene rings is 7. The summed E-state index contributed by atoms with van der Waals surface area (Å²) in [7, 11) is 0. The van der Waals surface area contributed by atoms with Gasteiger partial charge in [0.1, 0.15) is 0 Å². The molecule has 44 heavy (non-hydrogen) atoms. The lowest BCUT2D eigenvalue weighted by Gasteiger charge is -2.19. The van der Waals surface area contributed by atoms with Crippen molar-refractivity contribution in [2.45, 2.75) is 12.8 Å². The normalized spacial score (nSPS) is 13.0. The van der Waals surface area contributed by atoms with Crippen molar-refractivity contribution in [3.8, 4) is 11.1 Å². The van der Waals surface area contributed by atoms with Crippen LogP contribution in [-0.2, 0) is 6.42 Å². The fraction of sp³-hybridized carbons (Fsp3) is 0.0476. The molecule has 0 bridgehead atoms. The average Bonchev–Trinajstić information content (AvgIpc) is 3.43. The van der Waals surface area contributed by atoms with E-state index in [1.54, 1.807) is 0 Å². The van der Waals surface area contributed by atoms with Crippen molar-refractivity contribution in [1.82, 2.24) is 4.57 Å². The molecule has 0 fully saturated rings. The Morgan fingerprint density at radius 1 is 0.500 bits per heavy atom. The zero-order valence-corrected chi connectivity index (χ0v) is 24.3. The summed E-state index contributed by atoms with van der Waals surface area (Å²) in [6, 6.07) is 52.9. The molecule has 0 atom stereocenters. The van der Waals surface area contributed by atoms with Gasteiger partial charge in [0.05, 0.1) is 11.0 Å². The zero-order chi connectivity index (χ0) is 29.0. The first-order valence-electron chi connectivity index (χ1n) is 15.4. The minimum absolute atomic E-state index is 1.02. The topological polar surface area (TPSA) is 17.0 Å². The number of aromatic nitrogens is 1. The van der Waals surface area contributed by atoms with Gasteiger partial charge in [-0.25, -0.2) is 0 Å². The van der Waals surface area contributed by atoms with E-state index < -0.39 is 0 Å². The fourth-order valence-corrected chi connectivity index (χ4v) is 7.19. The number of hydrogen-bond donors (Lipinski definition) is 1. The van der Waals surface area contributed by atoms with E-state index in [0.29, 0.717) is 0 Å². The minimum Gasteiger partial charge on any atom is -0.354 e. The first-order valence-corrected chi connectivity index (χ1v) is 15.4. The predicted molar refractivity (Wildman–Crippen MR) is 189 cm³/mol. The third-order valence-electron chi connectivity index (χ3n) is 9.27. The first kappa shape index (κ1) is 24.9. The maximum atomic E-state index is 3.89. The molecule has 208 valence electrons. The van der Waals surface area contributed by atoms with Crippen LogP contribution in [0.25, 0.3) is 66.3 Å². The number of rotatable bonds is 4. The minimum atomic E-state index is 1.02. The molecule has 2 nitrogen and oxygen atoms in total. The van der Waals surface area contributed by atoms with E-state index >= 15 is 0 Å². The third-order valence-corrected chi connectivity index (χ3v) is 9.27. The maximum absolute atomic E-state index is 3.89. The summed E-state index contributed by atoms with van der Waals surface area (Å²) in [6.45, 7) is 0. The highest BCUT2D eigenvalue weighted by Crippen LogP contribution is 2.41. The van der Waals surface area contributed by atoms with E-state index in [1.165, 1.54) is 71.3 Å². The lowest BCUT2D eigenvalue weighted by atomic mass is 9.95. The molecule has 2 heteroatoms. The highest BCUT2D eigenvalue weighted by molar-refractivity contribution is 6.17. The molecule has 0 spiro atoms. The largest absolute Gasteiger partial charge is 0.354 e. The van der Waals surface area contributed by atoms with E-state index in [4.69, 9.17) is 0 Å². The van der Waals surface area contributed by atoms with Crippen molar-refractivity contribution in [1.29, 1.82) is 0 Å². The molecule has 1 N–H and O–H groups in total. The third kappa shape index (κ3) is 3.95. The fourth-order valence-electron chi connectivity index (χ4n) is 7.19. The molecule has 1 aliphatic carbocycles. The van der Waals surface area contributed by atoms with E-state index in [-0.39, 0.29) is 0 Å². The molecule has 0 saturated heterocycles. The molecule has 1 aliphatic rings. The van der Waals surface area contributed by atoms with Gasteiger partial charge in [0.25, 0.3) is 0 Å². The van der Waals surface area contributed by atoms with Gasteiger partial charge in [0.15, 0.2) is 0 Å². The highest BCUT2D eigenvalue weighted by atomic mass is 15.0. The number of allylic oxidation sites excluding steroid dienone is 1. The molecule has 0 aliphatic heterocycles. The number of aryl methyl sites for hydroxylation is 1. The van der Waals surface area contributed by atoms with Crippen LogP contribution in [0.15, 0.2) is 146 Å². The predicted octanol–water partition coefficient (Wildman–Crippen LogP) is 11.5. The molecule has 8 aromatic rings. The van der Waals surface area contributed by atoms with Gasteiger partial charge >= 0.3 is 0 Å². The van der Waals surface area contributed by atoms with Gasteiger partial charge < -0.3 is 9.88 Å². The van der Waals surface area contributed by atoms with Crippen molar-refractivity contribution in [3.05, 3.63) is 157 Å². The Morgan fingerprint density at radius 3 is 2.18 bits per heavy atom. The molecule has 7 aromatic carbocycles. The number of anilines is 2. The van der Waals surface area contributed by atoms with Crippen molar-refractivity contribution >= 4 is 66.5 Å². The highest BCUT2D eigenvalue weighted by Gasteiger charge is 2.19. The number of fused-ring (bicyclic) bond motifs is 6. The molecule has 1 heterocycles. The van der Waals surface area contributed by atoms with Crippen LogP contribution >= 0.6 is 0 Å². The summed E-state index contributed by atoms with van der Waals surface area (Å²) in [5, 5.41) is 11.4. The summed E-state index contributed by atoms with van der Waals surface area (Å²) < 4.78 is 2.48. The molecular formula is C42H30N2. The summed E-state index contributed by atoms with van der Waals surface area (Å²) >= 11 is 0. The Morgan fingerprint density at radius 2 is 1.25 bits per heavy atom. The van der Waals surface area contributed by atoms with Crippen LogP contribution in [-0.4, -0.2) is 4.57 Å². The van der Waals surface area contributed by atoms with Crippen LogP contribution in [0, 0.1) is 0 Å². The van der Waals surface area contributed by atoms with Gasteiger partial charge in [0.2, 0.25) is 0 Å². The van der Waals surface area contributed by atoms with Gasteiger partial charge in [-0.2, -0.15) is 0 Å². The summed E-state index contributed by atoms with van der Waals surface area (Å²) in [4.78, 5) is 0. The van der Waals surface area contributed by atoms with Crippen molar-refractivity contribution < 1.29 is 0 Å². The van der Waals surface area contributed by atoms with E-state index in [0.717, 1.165) is 24.2 Å². The molecule has 0 radical (unpaired) electrons. The molecule has 0 saturated carbocycles. The lowest BCUT2D eigenvalue weighted by molar-refractivity contribution is 0.947. The van der Waals surface area contributed by atoms with Crippen molar-refractivity contribution in [2.75, 3.05) is 5.32 Å². The molecule has 0 unspecified atom stereocenters. The van der Waals surface area contributed by atoms with Crippen LogP contribution in [0.4, 0.5) is 11.4 Å². The second-order valence-electron chi connectivity index (χ2n) is 11.8.